The van der Waals surface area contributed by atoms with Gasteiger partial charge in [-0.15, -0.1) is 0 Å². The van der Waals surface area contributed by atoms with E-state index < -0.39 is 52.9 Å². The van der Waals surface area contributed by atoms with E-state index >= 15 is 0 Å². The lowest BCUT2D eigenvalue weighted by Crippen LogP contribution is -2.44. The Hall–Kier alpha value is -5.19. The van der Waals surface area contributed by atoms with E-state index in [1.807, 2.05) is 48.5 Å². The van der Waals surface area contributed by atoms with Crippen LogP contribution in [0.4, 0.5) is 32.4 Å². The van der Waals surface area contributed by atoms with Crippen molar-refractivity contribution < 1.29 is 41.0 Å². The van der Waals surface area contributed by atoms with Gasteiger partial charge in [-0.05, 0) is 33.9 Å². The van der Waals surface area contributed by atoms with E-state index in [1.54, 1.807) is 24.3 Å². The van der Waals surface area contributed by atoms with E-state index in [0.29, 0.717) is 16.8 Å². The summed E-state index contributed by atoms with van der Waals surface area (Å²) in [5.41, 5.74) is 5.51. The van der Waals surface area contributed by atoms with Crippen molar-refractivity contribution in [2.45, 2.75) is 18.4 Å². The second-order valence-electron chi connectivity index (χ2n) is 9.85. The van der Waals surface area contributed by atoms with Crippen molar-refractivity contribution in [2.75, 3.05) is 6.61 Å². The molecule has 6 nitrogen and oxygen atoms in total. The Morgan fingerprint density at radius 1 is 0.744 bits per heavy atom. The molecule has 0 saturated carbocycles. The van der Waals surface area contributed by atoms with Gasteiger partial charge in [0, 0.05) is 24.1 Å². The summed E-state index contributed by atoms with van der Waals surface area (Å²) in [6, 6.07) is 20.5. The van der Waals surface area contributed by atoms with Crippen LogP contribution < -0.4 is 15.4 Å². The molecular weight excluding hydrogens is 571 g/mol. The first kappa shape index (κ1) is 28.0. The van der Waals surface area contributed by atoms with Crippen molar-refractivity contribution in [1.82, 2.24) is 10.6 Å². The molecule has 1 heterocycles. The summed E-state index contributed by atoms with van der Waals surface area (Å²) in [5.74, 6) is -15.2. The van der Waals surface area contributed by atoms with Gasteiger partial charge < -0.3 is 14.8 Å². The van der Waals surface area contributed by atoms with Crippen LogP contribution in [-0.2, 0) is 9.53 Å². The number of fused-ring (bicyclic) bond motifs is 4. The monoisotopic (exact) mass is 591 g/mol. The van der Waals surface area contributed by atoms with Gasteiger partial charge in [0.15, 0.2) is 0 Å². The van der Waals surface area contributed by atoms with E-state index in [1.165, 1.54) is 6.20 Å². The van der Waals surface area contributed by atoms with Crippen molar-refractivity contribution >= 4 is 23.3 Å². The van der Waals surface area contributed by atoms with Crippen LogP contribution in [0.15, 0.2) is 79.0 Å². The van der Waals surface area contributed by atoms with Gasteiger partial charge in [0.1, 0.15) is 12.6 Å². The number of benzene rings is 4. The van der Waals surface area contributed by atoms with E-state index in [0.717, 1.165) is 22.3 Å². The molecule has 1 amide bonds. The maximum absolute atomic E-state index is 14.3. The number of hydrogen-bond acceptors (Lipinski definition) is 4. The minimum Gasteiger partial charge on any atom is -0.449 e. The second-order valence-corrected chi connectivity index (χ2v) is 9.85. The molecule has 4 aromatic rings. The molecule has 0 unspecified atom stereocenters. The van der Waals surface area contributed by atoms with E-state index in [2.05, 4.69) is 15.4 Å². The largest absolute Gasteiger partial charge is 0.449 e. The molecule has 0 aromatic heterocycles. The quantitative estimate of drug-likeness (QED) is 0.0836. The predicted octanol–water partition coefficient (Wildman–Crippen LogP) is 6.88. The van der Waals surface area contributed by atoms with Gasteiger partial charge >= 0.3 is 12.1 Å². The maximum atomic E-state index is 14.3. The number of hydrogen-bond donors (Lipinski definition) is 1. The highest BCUT2D eigenvalue weighted by atomic mass is 19.2. The average molecular weight is 592 g/mol. The molecule has 0 saturated heterocycles. The number of esters is 1. The Bertz CT molecular complexity index is 1730. The fraction of sp³-hybridized carbons (Fsp3) is 0.125. The van der Waals surface area contributed by atoms with Crippen molar-refractivity contribution in [1.29, 1.82) is 0 Å². The molecule has 6 rings (SSSR count). The van der Waals surface area contributed by atoms with Crippen LogP contribution in [0.5, 0.6) is 5.75 Å². The smallest absolute Gasteiger partial charge is 0.407 e. The first-order valence-corrected chi connectivity index (χ1v) is 13.1. The topological polar surface area (TPSA) is 78.7 Å². The summed E-state index contributed by atoms with van der Waals surface area (Å²) >= 11 is 0. The second kappa shape index (κ2) is 11.2. The Labute approximate surface area is 241 Å². The molecular formula is C32H20F5N2O4. The van der Waals surface area contributed by atoms with Crippen LogP contribution in [0.3, 0.4) is 0 Å². The lowest BCUT2D eigenvalue weighted by atomic mass is 9.98. The molecule has 2 aliphatic rings. The summed E-state index contributed by atoms with van der Waals surface area (Å²) in [7, 11) is 0. The van der Waals surface area contributed by atoms with Crippen LogP contribution >= 0.6 is 0 Å². The average Bonchev–Trinajstić information content (AvgIpc) is 3.58. The normalized spacial score (nSPS) is 13.7. The molecule has 0 bridgehead atoms. The van der Waals surface area contributed by atoms with Gasteiger partial charge in [0.2, 0.25) is 34.8 Å². The summed E-state index contributed by atoms with van der Waals surface area (Å²) in [5, 5.41) is 6.55. The van der Waals surface area contributed by atoms with Crippen LogP contribution in [0, 0.1) is 29.1 Å². The van der Waals surface area contributed by atoms with Crippen molar-refractivity contribution in [2.24, 2.45) is 0 Å². The first-order chi connectivity index (χ1) is 20.7. The highest BCUT2D eigenvalue weighted by Gasteiger charge is 2.34. The van der Waals surface area contributed by atoms with E-state index in [4.69, 9.17) is 4.74 Å². The fourth-order valence-electron chi connectivity index (χ4n) is 5.28. The van der Waals surface area contributed by atoms with Crippen molar-refractivity contribution in [3.05, 3.63) is 125 Å². The minimum absolute atomic E-state index is 0.111. The summed E-state index contributed by atoms with van der Waals surface area (Å²) < 4.78 is 79.8. The molecule has 1 aliphatic carbocycles. The van der Waals surface area contributed by atoms with Gasteiger partial charge in [0.25, 0.3) is 0 Å². The first-order valence-electron chi connectivity index (χ1n) is 13.1. The molecule has 0 spiro atoms. The van der Waals surface area contributed by atoms with Crippen LogP contribution in [0.1, 0.15) is 29.0 Å². The van der Waals surface area contributed by atoms with Crippen molar-refractivity contribution in [3.8, 4) is 16.9 Å². The van der Waals surface area contributed by atoms with Crippen LogP contribution in [-0.4, -0.2) is 24.7 Å². The summed E-state index contributed by atoms with van der Waals surface area (Å²) in [6.07, 6.45) is 0.0758. The zero-order valence-electron chi connectivity index (χ0n) is 22.0. The zero-order chi connectivity index (χ0) is 30.2. The standard InChI is InChI=1S/C32H20F5N2O4/c33-25-26(34)28(36)30(29(37)27(25)35)43-31(40)24(13-16-14-38-23-12-6-5-7-17(16)23)39-32(41)42-15-22-20-10-3-1-8-18(20)19-9-2-4-11-21(19)22/h1-12,14,22,24H,13,15H2,(H,39,41)/t24-/m0/s1. The summed E-state index contributed by atoms with van der Waals surface area (Å²) in [6.45, 7) is -0.111. The number of halogens is 5. The lowest BCUT2D eigenvalue weighted by Gasteiger charge is -2.20. The third-order valence-corrected chi connectivity index (χ3v) is 7.33. The number of carbonyl (C=O) groups excluding carboxylic acids is 2. The Morgan fingerprint density at radius 3 is 1.91 bits per heavy atom. The SMILES string of the molecule is O=C(N[C@@H](CC1=C[N]c2ccccc21)C(=O)Oc1c(F)c(F)c(F)c(F)c1F)OCC1c2ccccc2-c2ccccc21. The Kier molecular flexibility index (Phi) is 7.31. The number of ether oxygens (including phenoxy) is 2. The van der Waals surface area contributed by atoms with E-state index in [-0.39, 0.29) is 18.9 Å². The number of nitrogens with one attached hydrogen (secondary N) is 1. The zero-order valence-corrected chi connectivity index (χ0v) is 22.0. The molecule has 43 heavy (non-hydrogen) atoms. The number of nitrogens with zero attached hydrogens (tertiary/aromatic N) is 1. The third kappa shape index (κ3) is 5.07. The van der Waals surface area contributed by atoms with Gasteiger partial charge in [-0.3, -0.25) is 5.32 Å². The lowest BCUT2D eigenvalue weighted by molar-refractivity contribution is -0.137. The molecule has 1 radical (unpaired) electrons. The molecule has 4 aromatic carbocycles. The van der Waals surface area contributed by atoms with Crippen LogP contribution in [0.25, 0.3) is 16.7 Å². The number of alkyl carbamates (subject to hydrolysis) is 1. The molecule has 217 valence electrons. The van der Waals surface area contributed by atoms with Gasteiger partial charge in [-0.25, -0.2) is 22.8 Å². The van der Waals surface area contributed by atoms with Crippen molar-refractivity contribution in [3.63, 3.8) is 0 Å². The third-order valence-electron chi connectivity index (χ3n) is 7.33. The van der Waals surface area contributed by atoms with Gasteiger partial charge in [-0.1, -0.05) is 66.7 Å². The highest BCUT2D eigenvalue weighted by molar-refractivity contribution is 5.88. The fourth-order valence-corrected chi connectivity index (χ4v) is 5.28. The van der Waals surface area contributed by atoms with Crippen LogP contribution in [0.2, 0.25) is 0 Å². The number of amides is 1. The number of rotatable bonds is 7. The van der Waals surface area contributed by atoms with Gasteiger partial charge in [0.05, 0.1) is 5.69 Å². The maximum Gasteiger partial charge on any atom is 0.407 e. The minimum atomic E-state index is -2.41. The highest BCUT2D eigenvalue weighted by Crippen LogP contribution is 2.44. The molecule has 11 heteroatoms. The predicted molar refractivity (Wildman–Crippen MR) is 145 cm³/mol. The van der Waals surface area contributed by atoms with Gasteiger partial charge in [-0.2, -0.15) is 8.78 Å². The number of carbonyl (C=O) groups is 2. The number of para-hydroxylation sites is 1. The summed E-state index contributed by atoms with van der Waals surface area (Å²) in [4.78, 5) is 26.1. The Morgan fingerprint density at radius 2 is 1.28 bits per heavy atom. The molecule has 0 fully saturated rings. The Balaban J connectivity index is 1.23. The molecule has 1 aliphatic heterocycles. The molecule has 1 N–H and O–H groups in total. The van der Waals surface area contributed by atoms with E-state index in [9.17, 15) is 31.5 Å². The molecule has 1 atom stereocenters.